The van der Waals surface area contributed by atoms with Gasteiger partial charge >= 0.3 is 0 Å². The average Bonchev–Trinajstić information content (AvgIpc) is 2.29. The van der Waals surface area contributed by atoms with Crippen molar-refractivity contribution in [2.75, 3.05) is 32.8 Å². The fourth-order valence-corrected chi connectivity index (χ4v) is 2.30. The number of imide groups is 1. The fourth-order valence-electron chi connectivity index (χ4n) is 2.30. The maximum atomic E-state index is 11.3. The van der Waals surface area contributed by atoms with Crippen molar-refractivity contribution in [1.29, 1.82) is 0 Å². The zero-order valence-electron chi connectivity index (χ0n) is 10.1. The lowest BCUT2D eigenvalue weighted by molar-refractivity contribution is -0.137. The number of carbonyl (C=O) groups excluding carboxylic acids is 2. The molecule has 2 atom stereocenters. The van der Waals surface area contributed by atoms with Crippen LogP contribution in [0.5, 0.6) is 0 Å². The van der Waals surface area contributed by atoms with Crippen molar-refractivity contribution in [3.8, 4) is 0 Å². The van der Waals surface area contributed by atoms with E-state index in [4.69, 9.17) is 4.74 Å². The Balaban J connectivity index is 1.83. The van der Waals surface area contributed by atoms with Crippen molar-refractivity contribution in [2.24, 2.45) is 0 Å². The Kier molecular flexibility index (Phi) is 4.09. The standard InChI is InChI=1S/C11H19N3O3/c1-8(4-9-7-17-3-2-12-9)14-5-10(15)13-11(16)6-14/h8-9,12H,2-7H2,1H3,(H,13,15,16). The molecule has 0 aliphatic carbocycles. The predicted octanol–water partition coefficient (Wildman–Crippen LogP) is -1.29. The number of ether oxygens (including phenoxy) is 1. The van der Waals surface area contributed by atoms with Crippen molar-refractivity contribution < 1.29 is 14.3 Å². The molecule has 17 heavy (non-hydrogen) atoms. The summed E-state index contributed by atoms with van der Waals surface area (Å²) in [7, 11) is 0. The third kappa shape index (κ3) is 3.49. The maximum Gasteiger partial charge on any atom is 0.240 e. The molecule has 6 heteroatoms. The van der Waals surface area contributed by atoms with Crippen molar-refractivity contribution in [3.63, 3.8) is 0 Å². The molecule has 2 rings (SSSR count). The number of morpholine rings is 1. The van der Waals surface area contributed by atoms with Crippen molar-refractivity contribution in [2.45, 2.75) is 25.4 Å². The van der Waals surface area contributed by atoms with Gasteiger partial charge in [0.15, 0.2) is 0 Å². The highest BCUT2D eigenvalue weighted by Gasteiger charge is 2.28. The summed E-state index contributed by atoms with van der Waals surface area (Å²) in [5, 5.41) is 5.68. The van der Waals surface area contributed by atoms with Gasteiger partial charge in [-0.05, 0) is 13.3 Å². The van der Waals surface area contributed by atoms with Gasteiger partial charge in [-0.3, -0.25) is 19.8 Å². The molecule has 2 N–H and O–H groups in total. The minimum absolute atomic E-state index is 0.198. The third-order valence-corrected chi connectivity index (χ3v) is 3.22. The summed E-state index contributed by atoms with van der Waals surface area (Å²) in [5.74, 6) is -0.415. The van der Waals surface area contributed by atoms with Crippen LogP contribution in [-0.2, 0) is 14.3 Å². The van der Waals surface area contributed by atoms with E-state index in [1.54, 1.807) is 0 Å². The van der Waals surface area contributed by atoms with Gasteiger partial charge in [0.2, 0.25) is 11.8 Å². The Hall–Kier alpha value is -0.980. The number of hydrogen-bond acceptors (Lipinski definition) is 5. The van der Waals surface area contributed by atoms with Crippen LogP contribution in [0.2, 0.25) is 0 Å². The van der Waals surface area contributed by atoms with Gasteiger partial charge < -0.3 is 10.1 Å². The van der Waals surface area contributed by atoms with E-state index in [-0.39, 0.29) is 17.9 Å². The summed E-state index contributed by atoms with van der Waals surface area (Å²) in [4.78, 5) is 24.4. The largest absolute Gasteiger partial charge is 0.379 e. The number of carbonyl (C=O) groups is 2. The Morgan fingerprint density at radius 2 is 2.12 bits per heavy atom. The molecule has 6 nitrogen and oxygen atoms in total. The first-order chi connectivity index (χ1) is 8.15. The Bertz CT molecular complexity index is 286. The summed E-state index contributed by atoms with van der Waals surface area (Å²) in [6.45, 7) is 4.99. The molecule has 0 spiro atoms. The molecule has 0 aromatic carbocycles. The number of hydrogen-bond donors (Lipinski definition) is 2. The zero-order valence-corrected chi connectivity index (χ0v) is 10.1. The van der Waals surface area contributed by atoms with E-state index in [9.17, 15) is 9.59 Å². The smallest absolute Gasteiger partial charge is 0.240 e. The normalized spacial score (nSPS) is 28.9. The molecule has 0 bridgehead atoms. The number of nitrogens with one attached hydrogen (secondary N) is 2. The molecule has 2 saturated heterocycles. The van der Waals surface area contributed by atoms with Crippen molar-refractivity contribution in [1.82, 2.24) is 15.5 Å². The highest BCUT2D eigenvalue weighted by molar-refractivity contribution is 5.99. The molecular weight excluding hydrogens is 222 g/mol. The zero-order chi connectivity index (χ0) is 12.3. The molecule has 0 aromatic heterocycles. The molecular formula is C11H19N3O3. The van der Waals surface area contributed by atoms with Crippen LogP contribution in [-0.4, -0.2) is 61.6 Å². The molecule has 2 fully saturated rings. The first kappa shape index (κ1) is 12.5. The summed E-state index contributed by atoms with van der Waals surface area (Å²) < 4.78 is 5.39. The summed E-state index contributed by atoms with van der Waals surface area (Å²) in [5.41, 5.74) is 0. The highest BCUT2D eigenvalue weighted by Crippen LogP contribution is 2.10. The van der Waals surface area contributed by atoms with E-state index in [1.807, 2.05) is 11.8 Å². The monoisotopic (exact) mass is 241 g/mol. The van der Waals surface area contributed by atoms with Crippen LogP contribution in [0.3, 0.4) is 0 Å². The third-order valence-electron chi connectivity index (χ3n) is 3.22. The molecule has 0 radical (unpaired) electrons. The number of piperazine rings is 1. The lowest BCUT2D eigenvalue weighted by Crippen LogP contribution is -2.55. The maximum absolute atomic E-state index is 11.3. The van der Waals surface area contributed by atoms with Crippen LogP contribution in [0.1, 0.15) is 13.3 Å². The van der Waals surface area contributed by atoms with Crippen LogP contribution in [0.25, 0.3) is 0 Å². The van der Waals surface area contributed by atoms with Gasteiger partial charge in [-0.1, -0.05) is 0 Å². The van der Waals surface area contributed by atoms with Gasteiger partial charge in [0.25, 0.3) is 0 Å². The highest BCUT2D eigenvalue weighted by atomic mass is 16.5. The second-order valence-corrected chi connectivity index (χ2v) is 4.69. The SMILES string of the molecule is CC(CC1COCCN1)N1CC(=O)NC(=O)C1. The predicted molar refractivity (Wildman–Crippen MR) is 61.4 cm³/mol. The molecule has 0 aromatic rings. The van der Waals surface area contributed by atoms with Gasteiger partial charge in [-0.2, -0.15) is 0 Å². The lowest BCUT2D eigenvalue weighted by Gasteiger charge is -2.34. The molecule has 96 valence electrons. The molecule has 2 unspecified atom stereocenters. The van der Waals surface area contributed by atoms with E-state index in [0.29, 0.717) is 25.7 Å². The Labute approximate surface area is 101 Å². The van der Waals surface area contributed by atoms with Crippen molar-refractivity contribution >= 4 is 11.8 Å². The van der Waals surface area contributed by atoms with Gasteiger partial charge in [0, 0.05) is 18.6 Å². The van der Waals surface area contributed by atoms with E-state index >= 15 is 0 Å². The van der Waals surface area contributed by atoms with Gasteiger partial charge in [-0.25, -0.2) is 0 Å². The van der Waals surface area contributed by atoms with Crippen molar-refractivity contribution in [3.05, 3.63) is 0 Å². The minimum Gasteiger partial charge on any atom is -0.379 e. The lowest BCUT2D eigenvalue weighted by atomic mass is 10.1. The molecule has 2 aliphatic rings. The molecule has 0 saturated carbocycles. The van der Waals surface area contributed by atoms with Gasteiger partial charge in [0.1, 0.15) is 0 Å². The second kappa shape index (κ2) is 5.57. The number of amides is 2. The quantitative estimate of drug-likeness (QED) is 0.602. The first-order valence-corrected chi connectivity index (χ1v) is 6.03. The first-order valence-electron chi connectivity index (χ1n) is 6.03. The molecule has 2 aliphatic heterocycles. The van der Waals surface area contributed by atoms with Gasteiger partial charge in [-0.15, -0.1) is 0 Å². The van der Waals surface area contributed by atoms with Gasteiger partial charge in [0.05, 0.1) is 26.3 Å². The van der Waals surface area contributed by atoms with Crippen LogP contribution in [0.15, 0.2) is 0 Å². The van der Waals surface area contributed by atoms with Crippen LogP contribution < -0.4 is 10.6 Å². The average molecular weight is 241 g/mol. The minimum atomic E-state index is -0.207. The van der Waals surface area contributed by atoms with Crippen LogP contribution in [0.4, 0.5) is 0 Å². The van der Waals surface area contributed by atoms with Crippen LogP contribution in [0, 0.1) is 0 Å². The summed E-state index contributed by atoms with van der Waals surface area (Å²) >= 11 is 0. The Morgan fingerprint density at radius 1 is 1.41 bits per heavy atom. The number of rotatable bonds is 3. The molecule has 2 heterocycles. The summed E-state index contributed by atoms with van der Waals surface area (Å²) in [6, 6.07) is 0.517. The number of nitrogens with zero attached hydrogens (tertiary/aromatic N) is 1. The topological polar surface area (TPSA) is 70.7 Å². The van der Waals surface area contributed by atoms with E-state index in [2.05, 4.69) is 10.6 Å². The summed E-state index contributed by atoms with van der Waals surface area (Å²) in [6.07, 6.45) is 0.889. The van der Waals surface area contributed by atoms with E-state index < -0.39 is 0 Å². The second-order valence-electron chi connectivity index (χ2n) is 4.69. The molecule has 2 amide bonds. The fraction of sp³-hybridized carbons (Fsp3) is 0.818. The van der Waals surface area contributed by atoms with E-state index in [1.165, 1.54) is 0 Å². The van der Waals surface area contributed by atoms with Crippen LogP contribution >= 0.6 is 0 Å². The van der Waals surface area contributed by atoms with E-state index in [0.717, 1.165) is 19.6 Å². The Morgan fingerprint density at radius 3 is 2.71 bits per heavy atom.